The van der Waals surface area contributed by atoms with E-state index in [4.69, 9.17) is 14.8 Å². The summed E-state index contributed by atoms with van der Waals surface area (Å²) in [6, 6.07) is 6.55. The number of hydrogen-bond acceptors (Lipinski definition) is 5. The zero-order valence-electron chi connectivity index (χ0n) is 14.0. The minimum Gasteiger partial charge on any atom is -0.442 e. The normalized spacial score (nSPS) is 19.3. The summed E-state index contributed by atoms with van der Waals surface area (Å²) in [5.74, 6) is -0.499. The van der Waals surface area contributed by atoms with Crippen molar-refractivity contribution in [3.05, 3.63) is 29.6 Å². The monoisotopic (exact) mass is 412 g/mol. The van der Waals surface area contributed by atoms with Gasteiger partial charge in [0, 0.05) is 5.56 Å². The molecule has 2 fully saturated rings. The van der Waals surface area contributed by atoms with E-state index in [1.807, 2.05) is 0 Å². The number of halogens is 1. The molecule has 3 rings (SSSR count). The highest BCUT2D eigenvalue weighted by molar-refractivity contribution is 7.96. The van der Waals surface area contributed by atoms with Gasteiger partial charge in [-0.15, -0.1) is 0 Å². The van der Waals surface area contributed by atoms with Crippen LogP contribution >= 0.6 is 25.3 Å². The maximum absolute atomic E-state index is 14.3. The lowest BCUT2D eigenvalue weighted by molar-refractivity contribution is 0.141. The maximum atomic E-state index is 14.3. The van der Waals surface area contributed by atoms with Crippen LogP contribution in [0.25, 0.3) is 0 Å². The summed E-state index contributed by atoms with van der Waals surface area (Å²) in [6.45, 7) is 0.345. The second-order valence-corrected chi connectivity index (χ2v) is 6.85. The van der Waals surface area contributed by atoms with Gasteiger partial charge in [0.25, 0.3) is 10.5 Å². The fraction of sp³-hybridized carbons (Fsp3) is 0.375. The van der Waals surface area contributed by atoms with Crippen molar-refractivity contribution in [2.75, 3.05) is 18.0 Å². The van der Waals surface area contributed by atoms with Crippen molar-refractivity contribution in [2.45, 2.75) is 24.4 Å². The Morgan fingerprint density at radius 1 is 1.44 bits per heavy atom. The van der Waals surface area contributed by atoms with Gasteiger partial charge in [-0.1, -0.05) is 31.3 Å². The topological polar surface area (TPSA) is 126 Å². The van der Waals surface area contributed by atoms with Crippen molar-refractivity contribution in [1.29, 1.82) is 5.26 Å². The average Bonchev–Trinajstić information content (AvgIpc) is 3.28. The van der Waals surface area contributed by atoms with Gasteiger partial charge in [-0.25, -0.2) is 9.18 Å². The number of amides is 3. The van der Waals surface area contributed by atoms with Gasteiger partial charge in [0.1, 0.15) is 11.9 Å². The Kier molecular flexibility index (Phi) is 6.56. The van der Waals surface area contributed by atoms with Crippen LogP contribution in [0, 0.1) is 17.1 Å². The number of hydrogen-bond donors (Lipinski definition) is 4. The zero-order chi connectivity index (χ0) is 20.2. The van der Waals surface area contributed by atoms with Crippen LogP contribution < -0.4 is 16.0 Å². The Morgan fingerprint density at radius 2 is 2.07 bits per heavy atom. The molecule has 2 aliphatic rings. The van der Waals surface area contributed by atoms with Gasteiger partial charge in [0.05, 0.1) is 30.3 Å². The van der Waals surface area contributed by atoms with Crippen molar-refractivity contribution < 1.29 is 23.5 Å². The summed E-state index contributed by atoms with van der Waals surface area (Å²) in [5, 5.41) is 10.4. The molecule has 1 aromatic carbocycles. The first-order chi connectivity index (χ1) is 12.7. The van der Waals surface area contributed by atoms with Crippen LogP contribution in [0.5, 0.6) is 0 Å². The molecule has 1 unspecified atom stereocenters. The van der Waals surface area contributed by atoms with Crippen molar-refractivity contribution in [2.24, 2.45) is 5.73 Å². The fourth-order valence-electron chi connectivity index (χ4n) is 2.67. The van der Waals surface area contributed by atoms with Gasteiger partial charge < -0.3 is 15.8 Å². The summed E-state index contributed by atoms with van der Waals surface area (Å²) < 4.78 is 19.4. The summed E-state index contributed by atoms with van der Waals surface area (Å²) in [5.41, 5.74) is 4.36. The van der Waals surface area contributed by atoms with Crippen LogP contribution in [0.4, 0.5) is 24.5 Å². The molecule has 0 spiro atoms. The third-order valence-corrected chi connectivity index (χ3v) is 4.26. The Hall–Kier alpha value is -2.45. The number of benzene rings is 1. The van der Waals surface area contributed by atoms with E-state index in [1.54, 1.807) is 12.1 Å². The molecule has 27 heavy (non-hydrogen) atoms. The minimum absolute atomic E-state index is 0.142. The number of primary amides is 1. The van der Waals surface area contributed by atoms with Crippen LogP contribution in [0.3, 0.4) is 0 Å². The molecule has 1 saturated heterocycles. The van der Waals surface area contributed by atoms with Gasteiger partial charge in [-0.2, -0.15) is 5.26 Å². The number of cyclic esters (lactones) is 1. The van der Waals surface area contributed by atoms with E-state index in [-0.39, 0.29) is 13.1 Å². The predicted molar refractivity (Wildman–Crippen MR) is 101 cm³/mol. The standard InChI is InChI=1S/C15H14FN3O3S.CH3NOS/c16-12-5-9(1-2-11(12)15(8-17)3-4-15)19-7-10(22-14(19)21)6-18-13(20)23;2-1(3)4/h1-2,5,10H,3-4,6-7H2,(H2,18,20,23);(H3,2,3,4). The molecule has 1 atom stereocenters. The second-order valence-electron chi connectivity index (χ2n) is 6.00. The van der Waals surface area contributed by atoms with Gasteiger partial charge >= 0.3 is 6.09 Å². The third-order valence-electron chi connectivity index (χ3n) is 4.10. The van der Waals surface area contributed by atoms with Crippen LogP contribution in [0.2, 0.25) is 0 Å². The Bertz CT molecular complexity index is 806. The zero-order valence-corrected chi connectivity index (χ0v) is 15.8. The third kappa shape index (κ3) is 5.27. The lowest BCUT2D eigenvalue weighted by atomic mass is 9.97. The number of nitrogens with two attached hydrogens (primary N) is 1. The number of carbonyl (C=O) groups is 3. The van der Waals surface area contributed by atoms with E-state index in [1.165, 1.54) is 11.0 Å². The van der Waals surface area contributed by atoms with Crippen LogP contribution in [-0.2, 0) is 10.2 Å². The second kappa shape index (κ2) is 8.49. The van der Waals surface area contributed by atoms with E-state index in [0.29, 0.717) is 24.1 Å². The number of ether oxygens (including phenoxy) is 1. The molecule has 1 aromatic rings. The van der Waals surface area contributed by atoms with E-state index >= 15 is 0 Å². The molecule has 8 nitrogen and oxygen atoms in total. The fourth-order valence-corrected chi connectivity index (χ4v) is 2.76. The number of rotatable bonds is 4. The van der Waals surface area contributed by atoms with Gasteiger partial charge in [-0.3, -0.25) is 14.5 Å². The summed E-state index contributed by atoms with van der Waals surface area (Å²) in [7, 11) is 0. The first-order valence-corrected chi connectivity index (χ1v) is 8.72. The molecule has 11 heteroatoms. The molecule has 0 bridgehead atoms. The van der Waals surface area contributed by atoms with Crippen LogP contribution in [-0.4, -0.2) is 35.8 Å². The molecule has 1 aliphatic heterocycles. The van der Waals surface area contributed by atoms with E-state index < -0.39 is 33.9 Å². The summed E-state index contributed by atoms with van der Waals surface area (Å²) in [6.07, 6.45) is 0.181. The molecule has 1 heterocycles. The number of nitrogens with zero attached hydrogens (tertiary/aromatic N) is 2. The molecule has 3 amide bonds. The van der Waals surface area contributed by atoms with Crippen molar-refractivity contribution in [3.63, 3.8) is 0 Å². The molecule has 0 aromatic heterocycles. The number of anilines is 1. The summed E-state index contributed by atoms with van der Waals surface area (Å²) in [4.78, 5) is 33.0. The van der Waals surface area contributed by atoms with Crippen LogP contribution in [0.1, 0.15) is 18.4 Å². The van der Waals surface area contributed by atoms with Gasteiger partial charge in [0.15, 0.2) is 0 Å². The number of nitriles is 1. The Balaban J connectivity index is 0.000000596. The molecule has 3 N–H and O–H groups in total. The van der Waals surface area contributed by atoms with E-state index in [2.05, 4.69) is 42.4 Å². The quantitative estimate of drug-likeness (QED) is 0.565. The van der Waals surface area contributed by atoms with E-state index in [0.717, 1.165) is 0 Å². The van der Waals surface area contributed by atoms with Crippen molar-refractivity contribution in [3.8, 4) is 6.07 Å². The lowest BCUT2D eigenvalue weighted by Gasteiger charge is -2.15. The highest BCUT2D eigenvalue weighted by Gasteiger charge is 2.47. The average molecular weight is 412 g/mol. The highest BCUT2D eigenvalue weighted by Crippen LogP contribution is 2.48. The molecular formula is C16H17FN4O4S2. The smallest absolute Gasteiger partial charge is 0.414 e. The minimum atomic E-state index is -0.715. The molecule has 1 saturated carbocycles. The van der Waals surface area contributed by atoms with Gasteiger partial charge in [0.2, 0.25) is 0 Å². The van der Waals surface area contributed by atoms with Crippen LogP contribution in [0.15, 0.2) is 18.2 Å². The molecular weight excluding hydrogens is 395 g/mol. The predicted octanol–water partition coefficient (Wildman–Crippen LogP) is 2.34. The first-order valence-electron chi connectivity index (χ1n) is 7.83. The SMILES string of the molecule is N#CC1(c2ccc(N3CC(CNC(=O)S)OC3=O)cc2F)CC1.NC(=O)S. The Labute approximate surface area is 165 Å². The highest BCUT2D eigenvalue weighted by atomic mass is 32.1. The largest absolute Gasteiger partial charge is 0.442 e. The lowest BCUT2D eigenvalue weighted by Crippen LogP contribution is -2.32. The number of thiol groups is 2. The van der Waals surface area contributed by atoms with Gasteiger partial charge in [-0.05, 0) is 25.0 Å². The van der Waals surface area contributed by atoms with Crippen molar-refractivity contribution >= 4 is 47.5 Å². The van der Waals surface area contributed by atoms with E-state index in [9.17, 15) is 14.0 Å². The van der Waals surface area contributed by atoms with Crippen molar-refractivity contribution in [1.82, 2.24) is 5.32 Å². The summed E-state index contributed by atoms with van der Waals surface area (Å²) >= 11 is 6.68. The molecule has 144 valence electrons. The molecule has 0 radical (unpaired) electrons. The number of nitrogens with one attached hydrogen (secondary N) is 1. The molecule has 1 aliphatic carbocycles. The maximum Gasteiger partial charge on any atom is 0.414 e. The Morgan fingerprint density at radius 3 is 2.56 bits per heavy atom. The first kappa shape index (κ1) is 20.9. The number of carbonyl (C=O) groups excluding carboxylic acids is 3.